The first-order chi connectivity index (χ1) is 8.58. The smallest absolute Gasteiger partial charge is 0.296 e. The SMILES string of the molecule is CC1OCCC1(C)Nc1nc2c(N)cccc2o1. The zero-order valence-electron chi connectivity index (χ0n) is 10.6. The third-order valence-corrected chi connectivity index (χ3v) is 3.73. The molecule has 0 saturated carbocycles. The van der Waals surface area contributed by atoms with Crippen molar-refractivity contribution in [2.24, 2.45) is 0 Å². The summed E-state index contributed by atoms with van der Waals surface area (Å²) in [6.07, 6.45) is 1.06. The molecule has 0 bridgehead atoms. The number of benzene rings is 1. The Morgan fingerprint density at radius 1 is 1.50 bits per heavy atom. The number of nitrogen functional groups attached to an aromatic ring is 1. The van der Waals surface area contributed by atoms with Crippen LogP contribution in [0.5, 0.6) is 0 Å². The maximum atomic E-state index is 5.86. The quantitative estimate of drug-likeness (QED) is 0.797. The Balaban J connectivity index is 1.93. The van der Waals surface area contributed by atoms with E-state index in [2.05, 4.69) is 24.1 Å². The van der Waals surface area contributed by atoms with Gasteiger partial charge in [-0.3, -0.25) is 0 Å². The van der Waals surface area contributed by atoms with Gasteiger partial charge in [0.15, 0.2) is 5.58 Å². The van der Waals surface area contributed by atoms with Crippen LogP contribution in [0, 0.1) is 0 Å². The van der Waals surface area contributed by atoms with Crippen molar-refractivity contribution in [1.29, 1.82) is 0 Å². The first kappa shape index (κ1) is 11.3. The third kappa shape index (κ3) is 1.71. The number of nitrogens with zero attached hydrogens (tertiary/aromatic N) is 1. The van der Waals surface area contributed by atoms with Crippen LogP contribution in [-0.4, -0.2) is 23.2 Å². The highest BCUT2D eigenvalue weighted by molar-refractivity contribution is 5.86. The summed E-state index contributed by atoms with van der Waals surface area (Å²) in [6.45, 7) is 4.92. The molecule has 0 aliphatic carbocycles. The summed E-state index contributed by atoms with van der Waals surface area (Å²) >= 11 is 0. The molecule has 1 aromatic carbocycles. The van der Waals surface area contributed by atoms with Gasteiger partial charge < -0.3 is 20.2 Å². The molecule has 2 unspecified atom stereocenters. The Hall–Kier alpha value is -1.75. The average molecular weight is 247 g/mol. The van der Waals surface area contributed by atoms with Crippen molar-refractivity contribution in [2.45, 2.75) is 31.9 Å². The lowest BCUT2D eigenvalue weighted by molar-refractivity contribution is 0.104. The van der Waals surface area contributed by atoms with Crippen molar-refractivity contribution in [2.75, 3.05) is 17.7 Å². The number of fused-ring (bicyclic) bond motifs is 1. The lowest BCUT2D eigenvalue weighted by Crippen LogP contribution is -2.41. The fourth-order valence-corrected chi connectivity index (χ4v) is 2.27. The maximum Gasteiger partial charge on any atom is 0.296 e. The summed E-state index contributed by atoms with van der Waals surface area (Å²) < 4.78 is 11.2. The van der Waals surface area contributed by atoms with Gasteiger partial charge >= 0.3 is 0 Å². The predicted octanol–water partition coefficient (Wildman–Crippen LogP) is 2.39. The highest BCUT2D eigenvalue weighted by Gasteiger charge is 2.38. The molecular weight excluding hydrogens is 230 g/mol. The van der Waals surface area contributed by atoms with E-state index in [-0.39, 0.29) is 11.6 Å². The second-order valence-corrected chi connectivity index (χ2v) is 5.02. The van der Waals surface area contributed by atoms with Crippen LogP contribution in [0.1, 0.15) is 20.3 Å². The first-order valence-corrected chi connectivity index (χ1v) is 6.13. The third-order valence-electron chi connectivity index (χ3n) is 3.73. The lowest BCUT2D eigenvalue weighted by atomic mass is 9.95. The summed E-state index contributed by atoms with van der Waals surface area (Å²) in [5.41, 5.74) is 7.75. The number of rotatable bonds is 2. The monoisotopic (exact) mass is 247 g/mol. The summed E-state index contributed by atoms with van der Waals surface area (Å²) in [5.74, 6) is 0. The van der Waals surface area contributed by atoms with E-state index in [9.17, 15) is 0 Å². The zero-order valence-corrected chi connectivity index (χ0v) is 10.6. The highest BCUT2D eigenvalue weighted by atomic mass is 16.5. The van der Waals surface area contributed by atoms with E-state index in [0.717, 1.165) is 13.0 Å². The molecule has 0 spiro atoms. The van der Waals surface area contributed by atoms with Crippen LogP contribution in [0.2, 0.25) is 0 Å². The van der Waals surface area contributed by atoms with E-state index in [1.807, 2.05) is 18.2 Å². The van der Waals surface area contributed by atoms with E-state index in [1.54, 1.807) is 0 Å². The minimum atomic E-state index is -0.143. The molecule has 3 N–H and O–H groups in total. The molecule has 3 rings (SSSR count). The second-order valence-electron chi connectivity index (χ2n) is 5.02. The van der Waals surface area contributed by atoms with Gasteiger partial charge in [0.25, 0.3) is 6.01 Å². The standard InChI is InChI=1S/C13H17N3O2/c1-8-13(2,6-7-17-8)16-12-15-11-9(14)4-3-5-10(11)18-12/h3-5,8H,6-7,14H2,1-2H3,(H,15,16). The minimum Gasteiger partial charge on any atom is -0.423 e. The molecule has 0 amide bonds. The van der Waals surface area contributed by atoms with Crippen molar-refractivity contribution in [1.82, 2.24) is 4.98 Å². The normalized spacial score (nSPS) is 27.8. The van der Waals surface area contributed by atoms with E-state index < -0.39 is 0 Å². The van der Waals surface area contributed by atoms with Crippen molar-refractivity contribution in [3.8, 4) is 0 Å². The summed E-state index contributed by atoms with van der Waals surface area (Å²) in [4.78, 5) is 4.40. The number of para-hydroxylation sites is 1. The van der Waals surface area contributed by atoms with E-state index in [4.69, 9.17) is 14.9 Å². The van der Waals surface area contributed by atoms with Crippen molar-refractivity contribution >= 4 is 22.8 Å². The molecule has 1 aliphatic rings. The van der Waals surface area contributed by atoms with Gasteiger partial charge in [0.05, 0.1) is 17.3 Å². The number of ether oxygens (including phenoxy) is 1. The van der Waals surface area contributed by atoms with Crippen LogP contribution in [0.4, 0.5) is 11.7 Å². The fraction of sp³-hybridized carbons (Fsp3) is 0.462. The summed E-state index contributed by atoms with van der Waals surface area (Å²) in [5, 5.41) is 3.33. The number of nitrogens with one attached hydrogen (secondary N) is 1. The Morgan fingerprint density at radius 2 is 2.33 bits per heavy atom. The van der Waals surface area contributed by atoms with Crippen LogP contribution >= 0.6 is 0 Å². The maximum absolute atomic E-state index is 5.86. The van der Waals surface area contributed by atoms with Crippen LogP contribution in [0.15, 0.2) is 22.6 Å². The second kappa shape index (κ2) is 3.88. The Bertz CT molecular complexity index is 581. The fourth-order valence-electron chi connectivity index (χ4n) is 2.27. The molecule has 5 nitrogen and oxygen atoms in total. The van der Waals surface area contributed by atoms with Crippen molar-refractivity contribution < 1.29 is 9.15 Å². The van der Waals surface area contributed by atoms with Crippen molar-refractivity contribution in [3.63, 3.8) is 0 Å². The highest BCUT2D eigenvalue weighted by Crippen LogP contribution is 2.31. The van der Waals surface area contributed by atoms with E-state index >= 15 is 0 Å². The molecule has 5 heteroatoms. The van der Waals surface area contributed by atoms with Gasteiger partial charge in [-0.2, -0.15) is 4.98 Å². The van der Waals surface area contributed by atoms with E-state index in [0.29, 0.717) is 22.8 Å². The van der Waals surface area contributed by atoms with Gasteiger partial charge in [0.1, 0.15) is 5.52 Å². The van der Waals surface area contributed by atoms with Gasteiger partial charge in [-0.1, -0.05) is 6.07 Å². The minimum absolute atomic E-state index is 0.129. The van der Waals surface area contributed by atoms with Gasteiger partial charge in [-0.15, -0.1) is 0 Å². The number of anilines is 2. The average Bonchev–Trinajstić information content (AvgIpc) is 2.85. The molecule has 0 radical (unpaired) electrons. The van der Waals surface area contributed by atoms with Crippen molar-refractivity contribution in [3.05, 3.63) is 18.2 Å². The number of aromatic nitrogens is 1. The molecule has 1 fully saturated rings. The van der Waals surface area contributed by atoms with Gasteiger partial charge in [0.2, 0.25) is 0 Å². The van der Waals surface area contributed by atoms with Crippen LogP contribution < -0.4 is 11.1 Å². The lowest BCUT2D eigenvalue weighted by Gasteiger charge is -2.27. The topological polar surface area (TPSA) is 73.3 Å². The number of nitrogens with two attached hydrogens (primary N) is 1. The largest absolute Gasteiger partial charge is 0.423 e. The number of hydrogen-bond acceptors (Lipinski definition) is 5. The summed E-state index contributed by atoms with van der Waals surface area (Å²) in [6, 6.07) is 6.04. The Morgan fingerprint density at radius 3 is 3.00 bits per heavy atom. The molecule has 96 valence electrons. The van der Waals surface area contributed by atoms with Gasteiger partial charge in [-0.05, 0) is 32.4 Å². The molecule has 2 heterocycles. The van der Waals surface area contributed by atoms with Crippen LogP contribution in [-0.2, 0) is 4.74 Å². The van der Waals surface area contributed by atoms with Crippen LogP contribution in [0.25, 0.3) is 11.1 Å². The molecule has 2 aromatic rings. The molecule has 1 saturated heterocycles. The molecular formula is C13H17N3O2. The zero-order chi connectivity index (χ0) is 12.8. The van der Waals surface area contributed by atoms with Gasteiger partial charge in [0, 0.05) is 6.61 Å². The number of oxazole rings is 1. The Kier molecular flexibility index (Phi) is 2.45. The molecule has 2 atom stereocenters. The first-order valence-electron chi connectivity index (χ1n) is 6.13. The molecule has 1 aliphatic heterocycles. The number of hydrogen-bond donors (Lipinski definition) is 2. The Labute approximate surface area is 105 Å². The van der Waals surface area contributed by atoms with E-state index in [1.165, 1.54) is 0 Å². The molecule has 1 aromatic heterocycles. The van der Waals surface area contributed by atoms with Gasteiger partial charge in [-0.25, -0.2) is 0 Å². The van der Waals surface area contributed by atoms with Crippen LogP contribution in [0.3, 0.4) is 0 Å². The predicted molar refractivity (Wildman–Crippen MR) is 70.5 cm³/mol. The summed E-state index contributed by atoms with van der Waals surface area (Å²) in [7, 11) is 0. The molecule has 18 heavy (non-hydrogen) atoms.